The van der Waals surface area contributed by atoms with E-state index in [0.29, 0.717) is 30.6 Å². The first-order valence-corrected chi connectivity index (χ1v) is 8.86. The number of aryl methyl sites for hydroxylation is 1. The van der Waals surface area contributed by atoms with E-state index in [1.54, 1.807) is 13.2 Å². The van der Waals surface area contributed by atoms with E-state index in [4.69, 9.17) is 9.26 Å². The molecule has 7 nitrogen and oxygen atoms in total. The number of benzene rings is 1. The SMILES string of the molecule is COc1cc(-c2nc(-c3cccc(CN4CCCC4=O)c3)no2)cc(C)n1. The molecule has 1 aromatic carbocycles. The van der Waals surface area contributed by atoms with Crippen LogP contribution in [0.3, 0.4) is 0 Å². The van der Waals surface area contributed by atoms with Crippen LogP contribution in [0.15, 0.2) is 40.9 Å². The van der Waals surface area contributed by atoms with E-state index in [0.717, 1.165) is 35.3 Å². The Morgan fingerprint density at radius 1 is 1.19 bits per heavy atom. The van der Waals surface area contributed by atoms with E-state index in [9.17, 15) is 4.79 Å². The lowest BCUT2D eigenvalue weighted by Crippen LogP contribution is -2.23. The zero-order valence-corrected chi connectivity index (χ0v) is 15.3. The molecule has 0 unspecified atom stereocenters. The van der Waals surface area contributed by atoms with Crippen LogP contribution in [0.5, 0.6) is 5.88 Å². The number of rotatable bonds is 5. The highest BCUT2D eigenvalue weighted by Gasteiger charge is 2.20. The number of ether oxygens (including phenoxy) is 1. The van der Waals surface area contributed by atoms with Crippen molar-refractivity contribution in [3.8, 4) is 28.7 Å². The molecule has 0 spiro atoms. The number of aromatic nitrogens is 3. The quantitative estimate of drug-likeness (QED) is 0.691. The van der Waals surface area contributed by atoms with Crippen LogP contribution >= 0.6 is 0 Å². The van der Waals surface area contributed by atoms with E-state index in [2.05, 4.69) is 15.1 Å². The lowest BCUT2D eigenvalue weighted by atomic mass is 10.1. The minimum Gasteiger partial charge on any atom is -0.481 e. The Bertz CT molecular complexity index is 983. The summed E-state index contributed by atoms with van der Waals surface area (Å²) in [4.78, 5) is 22.5. The Balaban J connectivity index is 1.59. The maximum absolute atomic E-state index is 11.8. The highest BCUT2D eigenvalue weighted by Crippen LogP contribution is 2.26. The molecule has 7 heteroatoms. The summed E-state index contributed by atoms with van der Waals surface area (Å²) in [6, 6.07) is 11.5. The van der Waals surface area contributed by atoms with Gasteiger partial charge in [-0.1, -0.05) is 23.4 Å². The number of hydrogen-bond acceptors (Lipinski definition) is 6. The summed E-state index contributed by atoms with van der Waals surface area (Å²) in [5.74, 6) is 1.63. The minimum atomic E-state index is 0.212. The van der Waals surface area contributed by atoms with Crippen molar-refractivity contribution in [2.45, 2.75) is 26.3 Å². The molecule has 0 radical (unpaired) electrons. The van der Waals surface area contributed by atoms with Crippen LogP contribution in [0.25, 0.3) is 22.8 Å². The summed E-state index contributed by atoms with van der Waals surface area (Å²) < 4.78 is 10.6. The molecule has 1 saturated heterocycles. The van der Waals surface area contributed by atoms with E-state index in [1.807, 2.05) is 42.2 Å². The molecule has 1 aliphatic heterocycles. The molecule has 0 aliphatic carbocycles. The molecule has 0 N–H and O–H groups in total. The Morgan fingerprint density at radius 2 is 2.07 bits per heavy atom. The van der Waals surface area contributed by atoms with Gasteiger partial charge in [0.2, 0.25) is 17.6 Å². The maximum atomic E-state index is 11.8. The second-order valence-corrected chi connectivity index (χ2v) is 6.58. The molecule has 27 heavy (non-hydrogen) atoms. The Morgan fingerprint density at radius 3 is 2.85 bits per heavy atom. The number of carbonyl (C=O) groups excluding carboxylic acids is 1. The van der Waals surface area contributed by atoms with Crippen LogP contribution < -0.4 is 4.74 Å². The summed E-state index contributed by atoms with van der Waals surface area (Å²) in [7, 11) is 1.57. The number of amides is 1. The van der Waals surface area contributed by atoms with Crippen molar-refractivity contribution in [1.82, 2.24) is 20.0 Å². The molecule has 3 heterocycles. The Hall–Kier alpha value is -3.22. The van der Waals surface area contributed by atoms with Gasteiger partial charge in [0.05, 0.1) is 7.11 Å². The van der Waals surface area contributed by atoms with Gasteiger partial charge in [0.25, 0.3) is 5.89 Å². The van der Waals surface area contributed by atoms with Crippen LogP contribution in [0, 0.1) is 6.92 Å². The first-order valence-electron chi connectivity index (χ1n) is 8.86. The number of carbonyl (C=O) groups is 1. The van der Waals surface area contributed by atoms with Crippen molar-refractivity contribution >= 4 is 5.91 Å². The Kier molecular flexibility index (Phi) is 4.58. The van der Waals surface area contributed by atoms with Gasteiger partial charge in [0, 0.05) is 42.4 Å². The molecule has 4 rings (SSSR count). The van der Waals surface area contributed by atoms with Crippen molar-refractivity contribution in [1.29, 1.82) is 0 Å². The molecule has 0 atom stereocenters. The monoisotopic (exact) mass is 364 g/mol. The third-order valence-electron chi connectivity index (χ3n) is 4.54. The fourth-order valence-corrected chi connectivity index (χ4v) is 3.22. The molecule has 0 bridgehead atoms. The maximum Gasteiger partial charge on any atom is 0.258 e. The van der Waals surface area contributed by atoms with Crippen molar-refractivity contribution in [3.05, 3.63) is 47.7 Å². The van der Waals surface area contributed by atoms with Gasteiger partial charge in [0.1, 0.15) is 0 Å². The fourth-order valence-electron chi connectivity index (χ4n) is 3.22. The molecular weight excluding hydrogens is 344 g/mol. The van der Waals surface area contributed by atoms with Crippen molar-refractivity contribution in [2.24, 2.45) is 0 Å². The third kappa shape index (κ3) is 3.67. The second-order valence-electron chi connectivity index (χ2n) is 6.58. The fraction of sp³-hybridized carbons (Fsp3) is 0.300. The van der Waals surface area contributed by atoms with Crippen molar-refractivity contribution in [3.63, 3.8) is 0 Å². The number of nitrogens with zero attached hydrogens (tertiary/aromatic N) is 4. The largest absolute Gasteiger partial charge is 0.481 e. The molecule has 1 fully saturated rings. The topological polar surface area (TPSA) is 81.4 Å². The van der Waals surface area contributed by atoms with Crippen molar-refractivity contribution < 1.29 is 14.1 Å². The molecule has 0 saturated carbocycles. The average molecular weight is 364 g/mol. The molecule has 3 aromatic rings. The predicted molar refractivity (Wildman–Crippen MR) is 98.9 cm³/mol. The standard InChI is InChI=1S/C20H20N4O3/c1-13-9-16(11-17(21-13)26-2)20-22-19(23-27-20)15-6-3-5-14(10-15)12-24-8-4-7-18(24)25/h3,5-6,9-11H,4,7-8,12H2,1-2H3. The molecule has 1 amide bonds. The first-order chi connectivity index (χ1) is 13.1. The summed E-state index contributed by atoms with van der Waals surface area (Å²) in [5, 5.41) is 4.11. The highest BCUT2D eigenvalue weighted by molar-refractivity contribution is 5.78. The number of pyridine rings is 1. The number of methoxy groups -OCH3 is 1. The lowest BCUT2D eigenvalue weighted by Gasteiger charge is -2.15. The first kappa shape index (κ1) is 17.2. The van der Waals surface area contributed by atoms with Gasteiger partial charge in [0.15, 0.2) is 0 Å². The average Bonchev–Trinajstić information content (AvgIpc) is 3.31. The van der Waals surface area contributed by atoms with Crippen LogP contribution in [0.4, 0.5) is 0 Å². The number of likely N-dealkylation sites (tertiary alicyclic amines) is 1. The van der Waals surface area contributed by atoms with Crippen LogP contribution in [0.1, 0.15) is 24.1 Å². The summed E-state index contributed by atoms with van der Waals surface area (Å²) in [6.45, 7) is 3.31. The minimum absolute atomic E-state index is 0.212. The van der Waals surface area contributed by atoms with Crippen molar-refractivity contribution in [2.75, 3.05) is 13.7 Å². The van der Waals surface area contributed by atoms with E-state index in [1.165, 1.54) is 0 Å². The van der Waals surface area contributed by atoms with Gasteiger partial charge in [-0.15, -0.1) is 0 Å². The van der Waals surface area contributed by atoms with Crippen LogP contribution in [-0.4, -0.2) is 39.6 Å². The molecule has 138 valence electrons. The highest BCUT2D eigenvalue weighted by atomic mass is 16.5. The van der Waals surface area contributed by atoms with Gasteiger partial charge < -0.3 is 14.2 Å². The van der Waals surface area contributed by atoms with E-state index in [-0.39, 0.29) is 5.91 Å². The summed E-state index contributed by atoms with van der Waals surface area (Å²) >= 11 is 0. The molecule has 2 aromatic heterocycles. The van der Waals surface area contributed by atoms with Gasteiger partial charge in [-0.05, 0) is 31.0 Å². The van der Waals surface area contributed by atoms with Gasteiger partial charge in [-0.2, -0.15) is 4.98 Å². The Labute approximate surface area is 157 Å². The van der Waals surface area contributed by atoms with Crippen LogP contribution in [0.2, 0.25) is 0 Å². The predicted octanol–water partition coefficient (Wildman–Crippen LogP) is 3.24. The third-order valence-corrected chi connectivity index (χ3v) is 4.54. The van der Waals surface area contributed by atoms with E-state index >= 15 is 0 Å². The number of hydrogen-bond donors (Lipinski definition) is 0. The van der Waals surface area contributed by atoms with Crippen LogP contribution in [-0.2, 0) is 11.3 Å². The summed E-state index contributed by atoms with van der Waals surface area (Å²) in [6.07, 6.45) is 1.57. The molecule has 1 aliphatic rings. The van der Waals surface area contributed by atoms with Gasteiger partial charge in [-0.3, -0.25) is 4.79 Å². The normalized spacial score (nSPS) is 14.0. The smallest absolute Gasteiger partial charge is 0.258 e. The zero-order valence-electron chi connectivity index (χ0n) is 15.3. The second kappa shape index (κ2) is 7.19. The molecular formula is C20H20N4O3. The zero-order chi connectivity index (χ0) is 18.8. The van der Waals surface area contributed by atoms with Gasteiger partial charge in [-0.25, -0.2) is 4.98 Å². The van der Waals surface area contributed by atoms with E-state index < -0.39 is 0 Å². The summed E-state index contributed by atoms with van der Waals surface area (Å²) in [5.41, 5.74) is 3.47. The van der Waals surface area contributed by atoms with Gasteiger partial charge >= 0.3 is 0 Å². The lowest BCUT2D eigenvalue weighted by molar-refractivity contribution is -0.128.